The maximum Gasteiger partial charge on any atom is 0.252 e. The van der Waals surface area contributed by atoms with E-state index in [1.54, 1.807) is 20.3 Å². The van der Waals surface area contributed by atoms with Crippen LogP contribution in [0, 0.1) is 29.6 Å². The molecule has 2 aliphatic rings. The first kappa shape index (κ1) is 20.9. The zero-order valence-corrected chi connectivity index (χ0v) is 18.7. The maximum absolute atomic E-state index is 12.9. The van der Waals surface area contributed by atoms with Crippen LogP contribution in [0.2, 0.25) is 0 Å². The van der Waals surface area contributed by atoms with Gasteiger partial charge in [-0.05, 0) is 25.7 Å². The van der Waals surface area contributed by atoms with Crippen LogP contribution in [0.15, 0.2) is 18.6 Å². The van der Waals surface area contributed by atoms with E-state index in [0.717, 1.165) is 11.3 Å². The van der Waals surface area contributed by atoms with Crippen molar-refractivity contribution in [3.63, 3.8) is 0 Å². The molecular formula is C22H25N9O2. The molecule has 2 atom stereocenters. The normalized spacial score (nSPS) is 21.2. The van der Waals surface area contributed by atoms with Gasteiger partial charge in [0.05, 0.1) is 41.1 Å². The summed E-state index contributed by atoms with van der Waals surface area (Å²) in [5.41, 5.74) is 8.36. The van der Waals surface area contributed by atoms with Gasteiger partial charge in [-0.2, -0.15) is 15.5 Å². The highest BCUT2D eigenvalue weighted by Crippen LogP contribution is 2.47. The summed E-state index contributed by atoms with van der Waals surface area (Å²) in [4.78, 5) is 31.5. The minimum Gasteiger partial charge on any atom is -0.376 e. The Bertz CT molecular complexity index is 1330. The predicted octanol–water partition coefficient (Wildman–Crippen LogP) is 1.10. The van der Waals surface area contributed by atoms with Gasteiger partial charge in [0.2, 0.25) is 5.91 Å². The number of aromatic nitrogens is 5. The van der Waals surface area contributed by atoms with Gasteiger partial charge in [-0.1, -0.05) is 6.92 Å². The fraction of sp³-hybridized carbons (Fsp3) is 0.455. The van der Waals surface area contributed by atoms with Crippen LogP contribution < -0.4 is 11.1 Å². The summed E-state index contributed by atoms with van der Waals surface area (Å²) in [6.45, 7) is 4.92. The Labute approximate surface area is 190 Å². The quantitative estimate of drug-likeness (QED) is 0.595. The van der Waals surface area contributed by atoms with Crippen molar-refractivity contribution in [2.24, 2.45) is 24.1 Å². The van der Waals surface area contributed by atoms with Gasteiger partial charge in [0.1, 0.15) is 5.41 Å². The van der Waals surface area contributed by atoms with Crippen LogP contribution in [-0.4, -0.2) is 60.2 Å². The molecule has 2 amide bonds. The van der Waals surface area contributed by atoms with Crippen molar-refractivity contribution < 1.29 is 9.59 Å². The molecular weight excluding hydrogens is 422 g/mol. The lowest BCUT2D eigenvalue weighted by Gasteiger charge is -2.21. The Balaban J connectivity index is 1.49. The second-order valence-corrected chi connectivity index (χ2v) is 9.13. The lowest BCUT2D eigenvalue weighted by atomic mass is 10.1. The predicted molar refractivity (Wildman–Crippen MR) is 119 cm³/mol. The second kappa shape index (κ2) is 7.30. The highest BCUT2D eigenvalue weighted by atomic mass is 16.2. The molecule has 3 aromatic rings. The van der Waals surface area contributed by atoms with Gasteiger partial charge in [-0.25, -0.2) is 9.50 Å². The van der Waals surface area contributed by atoms with E-state index in [2.05, 4.69) is 21.6 Å². The zero-order chi connectivity index (χ0) is 23.5. The molecule has 1 saturated carbocycles. The smallest absolute Gasteiger partial charge is 0.252 e. The van der Waals surface area contributed by atoms with E-state index in [1.807, 2.05) is 27.1 Å². The number of hydrogen-bond acceptors (Lipinski definition) is 7. The van der Waals surface area contributed by atoms with Crippen LogP contribution in [0.3, 0.4) is 0 Å². The molecule has 11 heteroatoms. The molecule has 0 spiro atoms. The fourth-order valence-corrected chi connectivity index (χ4v) is 4.55. The van der Waals surface area contributed by atoms with Crippen LogP contribution in [0.25, 0.3) is 16.9 Å². The first-order chi connectivity index (χ1) is 15.7. The first-order valence-electron chi connectivity index (χ1n) is 10.9. The molecule has 2 fully saturated rings. The third-order valence-electron chi connectivity index (χ3n) is 6.65. The molecule has 3 N–H and O–H groups in total. The number of nitrogens with two attached hydrogens (primary N) is 1. The van der Waals surface area contributed by atoms with Crippen molar-refractivity contribution in [3.05, 3.63) is 29.8 Å². The fourth-order valence-electron chi connectivity index (χ4n) is 4.55. The van der Waals surface area contributed by atoms with E-state index >= 15 is 0 Å². The molecule has 1 saturated heterocycles. The van der Waals surface area contributed by atoms with Crippen molar-refractivity contribution in [2.75, 3.05) is 18.4 Å². The molecule has 1 aliphatic heterocycles. The van der Waals surface area contributed by atoms with Gasteiger partial charge in [-0.15, -0.1) is 0 Å². The van der Waals surface area contributed by atoms with E-state index in [0.29, 0.717) is 43.0 Å². The summed E-state index contributed by atoms with van der Waals surface area (Å²) in [6.07, 6.45) is 6.33. The number of primary amides is 1. The van der Waals surface area contributed by atoms with Crippen LogP contribution >= 0.6 is 0 Å². The number of fused-ring (bicyclic) bond motifs is 1. The average molecular weight is 448 g/mol. The highest BCUT2D eigenvalue weighted by molar-refractivity contribution is 6.01. The number of imidazole rings is 1. The number of carbonyl (C=O) groups is 2. The first-order valence-corrected chi connectivity index (χ1v) is 10.9. The third kappa shape index (κ3) is 3.38. The summed E-state index contributed by atoms with van der Waals surface area (Å²) >= 11 is 0. The van der Waals surface area contributed by atoms with Crippen LogP contribution in [0.1, 0.15) is 35.8 Å². The largest absolute Gasteiger partial charge is 0.376 e. The number of aryl methyl sites for hydroxylation is 2. The van der Waals surface area contributed by atoms with Gasteiger partial charge >= 0.3 is 0 Å². The minimum atomic E-state index is -0.851. The van der Waals surface area contributed by atoms with E-state index in [9.17, 15) is 14.9 Å². The van der Waals surface area contributed by atoms with Crippen molar-refractivity contribution in [3.8, 4) is 17.3 Å². The number of nitrogens with one attached hydrogen (secondary N) is 1. The molecule has 0 radical (unpaired) electrons. The monoisotopic (exact) mass is 447 g/mol. The molecule has 1 aliphatic carbocycles. The van der Waals surface area contributed by atoms with Gasteiger partial charge in [0.15, 0.2) is 5.65 Å². The number of likely N-dealkylation sites (tertiary alicyclic amines) is 1. The molecule has 0 unspecified atom stereocenters. The minimum absolute atomic E-state index is 0.104. The van der Waals surface area contributed by atoms with Gasteiger partial charge in [-0.3, -0.25) is 14.3 Å². The summed E-state index contributed by atoms with van der Waals surface area (Å²) in [5.74, 6) is -0.617. The molecule has 5 rings (SSSR count). The average Bonchev–Trinajstić information content (AvgIpc) is 3.13. The SMILES string of the molecule is Cc1nn(C)cc1-c1cn2ncc(C(N)=O)c(N[C@@H]3CN(C(=O)C4(C#N)CC4)C[C@@H]3C)c2n1. The topological polar surface area (TPSA) is 147 Å². The van der Waals surface area contributed by atoms with Crippen molar-refractivity contribution in [1.29, 1.82) is 5.26 Å². The molecule has 4 heterocycles. The number of hydrogen-bond donors (Lipinski definition) is 2. The number of nitriles is 1. The lowest BCUT2D eigenvalue weighted by molar-refractivity contribution is -0.134. The Hall–Kier alpha value is -3.94. The van der Waals surface area contributed by atoms with Crippen LogP contribution in [0.5, 0.6) is 0 Å². The third-order valence-corrected chi connectivity index (χ3v) is 6.65. The van der Waals surface area contributed by atoms with E-state index < -0.39 is 11.3 Å². The number of anilines is 1. The van der Waals surface area contributed by atoms with Gasteiger partial charge in [0.25, 0.3) is 5.91 Å². The standard InChI is InChI=1S/C22H25N9O2/c1-12-7-30(21(33)22(11-23)4-5-22)9-16(12)26-18-14(19(24)32)6-25-31-10-17(27-20(18)31)15-8-29(3)28-13(15)2/h6,8,10,12,16,26H,4-5,7,9H2,1-3H3,(H2,24,32)/t12-,16+/m0/s1. The van der Waals surface area contributed by atoms with Gasteiger partial charge < -0.3 is 16.0 Å². The van der Waals surface area contributed by atoms with Crippen molar-refractivity contribution in [1.82, 2.24) is 29.3 Å². The summed E-state index contributed by atoms with van der Waals surface area (Å²) in [5, 5.41) is 21.5. The molecule has 0 bridgehead atoms. The number of nitrogens with zero attached hydrogens (tertiary/aromatic N) is 7. The molecule has 33 heavy (non-hydrogen) atoms. The molecule has 0 aromatic carbocycles. The van der Waals surface area contributed by atoms with Crippen LogP contribution in [0.4, 0.5) is 5.69 Å². The molecule has 3 aromatic heterocycles. The van der Waals surface area contributed by atoms with E-state index in [4.69, 9.17) is 10.7 Å². The Morgan fingerprint density at radius 1 is 1.30 bits per heavy atom. The maximum atomic E-state index is 12.9. The van der Waals surface area contributed by atoms with Crippen molar-refractivity contribution >= 4 is 23.1 Å². The van der Waals surface area contributed by atoms with Crippen molar-refractivity contribution in [2.45, 2.75) is 32.7 Å². The van der Waals surface area contributed by atoms with E-state index in [1.165, 1.54) is 6.20 Å². The number of amides is 2. The Morgan fingerprint density at radius 2 is 2.06 bits per heavy atom. The summed E-state index contributed by atoms with van der Waals surface area (Å²) in [7, 11) is 1.84. The number of carbonyl (C=O) groups excluding carboxylic acids is 2. The summed E-state index contributed by atoms with van der Waals surface area (Å²) < 4.78 is 3.32. The Morgan fingerprint density at radius 3 is 2.67 bits per heavy atom. The van der Waals surface area contributed by atoms with Gasteiger partial charge in [0, 0.05) is 37.9 Å². The highest BCUT2D eigenvalue weighted by Gasteiger charge is 2.54. The second-order valence-electron chi connectivity index (χ2n) is 9.13. The molecule has 170 valence electrons. The Kier molecular flexibility index (Phi) is 4.63. The number of rotatable bonds is 5. The summed E-state index contributed by atoms with van der Waals surface area (Å²) in [6, 6.07) is 2.05. The molecule has 11 nitrogen and oxygen atoms in total. The zero-order valence-electron chi connectivity index (χ0n) is 18.7. The lowest BCUT2D eigenvalue weighted by Crippen LogP contribution is -2.36. The van der Waals surface area contributed by atoms with Crippen LogP contribution in [-0.2, 0) is 11.8 Å². The van der Waals surface area contributed by atoms with E-state index in [-0.39, 0.29) is 23.4 Å².